The van der Waals surface area contributed by atoms with Gasteiger partial charge in [0, 0.05) is 98.7 Å². The fourth-order valence-corrected chi connectivity index (χ4v) is 18.9. The van der Waals surface area contributed by atoms with Crippen LogP contribution in [-0.4, -0.2) is 160 Å². The van der Waals surface area contributed by atoms with Gasteiger partial charge in [0.2, 0.25) is 23.6 Å². The van der Waals surface area contributed by atoms with Crippen LogP contribution >= 0.6 is 69.9 Å². The van der Waals surface area contributed by atoms with Crippen molar-refractivity contribution in [2.45, 2.75) is 181 Å². The Balaban J connectivity index is 0.000000195. The summed E-state index contributed by atoms with van der Waals surface area (Å²) in [5.41, 5.74) is 3.01. The van der Waals surface area contributed by atoms with Crippen LogP contribution in [0.25, 0.3) is 0 Å². The van der Waals surface area contributed by atoms with Gasteiger partial charge in [0.25, 0.3) is 11.8 Å². The molecule has 0 N–H and O–H groups in total. The molecule has 8 aliphatic heterocycles. The highest BCUT2D eigenvalue weighted by atomic mass is 35.5. The van der Waals surface area contributed by atoms with Gasteiger partial charge < -0.3 is 39.2 Å². The zero-order valence-corrected chi connectivity index (χ0v) is 61.0. The molecule has 0 aromatic heterocycles. The lowest BCUT2D eigenvalue weighted by molar-refractivity contribution is -0.147. The maximum atomic E-state index is 14.9. The smallest absolute Gasteiger partial charge is 0.263 e. The first-order chi connectivity index (χ1) is 45.5. The lowest BCUT2D eigenvalue weighted by atomic mass is 9.81. The normalized spacial score (nSPS) is 27.2. The molecule has 2 unspecified atom stereocenters. The molecule has 4 aromatic carbocycles. The number of allylic oxidation sites excluding steroid dienone is 2. The molecule has 4 aromatic rings. The van der Waals surface area contributed by atoms with Crippen LogP contribution in [0.1, 0.15) is 156 Å². The van der Waals surface area contributed by atoms with Crippen LogP contribution in [0.3, 0.4) is 0 Å². The zero-order valence-electron chi connectivity index (χ0n) is 56.3. The number of fused-ring (bicyclic) bond motifs is 2. The van der Waals surface area contributed by atoms with Crippen LogP contribution in [0.2, 0.25) is 20.1 Å². The average molecular weight is 1430 g/mol. The van der Waals surface area contributed by atoms with Crippen LogP contribution in [0.5, 0.6) is 0 Å². The Kier molecular flexibility index (Phi) is 20.9. The second-order valence-electron chi connectivity index (χ2n) is 27.4. The van der Waals surface area contributed by atoms with Crippen molar-refractivity contribution in [2.24, 2.45) is 21.8 Å². The Labute approximate surface area is 590 Å². The number of amides is 6. The summed E-state index contributed by atoms with van der Waals surface area (Å²) in [6, 6.07) is 22.4. The number of amidine groups is 2. The summed E-state index contributed by atoms with van der Waals surface area (Å²) in [6.07, 6.45) is 4.15. The van der Waals surface area contributed by atoms with Crippen LogP contribution in [0.15, 0.2) is 116 Å². The van der Waals surface area contributed by atoms with Gasteiger partial charge in [-0.25, -0.2) is 18.8 Å². The number of aliphatic imine (C=N–C) groups is 2. The number of thioether (sulfide) groups is 2. The van der Waals surface area contributed by atoms with E-state index in [0.717, 1.165) is 48.2 Å². The number of hydrogen-bond acceptors (Lipinski definition) is 12. The third kappa shape index (κ3) is 13.0. The maximum absolute atomic E-state index is 14.9. The Morgan fingerprint density at radius 3 is 1.20 bits per heavy atom. The van der Waals surface area contributed by atoms with E-state index in [9.17, 15) is 37.5 Å². The summed E-state index contributed by atoms with van der Waals surface area (Å²) in [6.45, 7) is 26.1. The fraction of sp³-hybridized carbons (Fsp3) is 0.500. The van der Waals surface area contributed by atoms with E-state index in [-0.39, 0.29) is 81.5 Å². The number of benzene rings is 4. The Morgan fingerprint density at radius 2 is 0.896 bits per heavy atom. The summed E-state index contributed by atoms with van der Waals surface area (Å²) in [5.74, 6) is -1.61. The molecule has 6 amide bonds. The zero-order chi connectivity index (χ0) is 69.3. The van der Waals surface area contributed by atoms with E-state index in [0.29, 0.717) is 93.4 Å². The summed E-state index contributed by atoms with van der Waals surface area (Å²) in [7, 11) is 0. The first-order valence-corrected chi connectivity index (χ1v) is 36.5. The van der Waals surface area contributed by atoms with Crippen molar-refractivity contribution in [3.63, 3.8) is 0 Å². The van der Waals surface area contributed by atoms with Gasteiger partial charge in [-0.1, -0.05) is 124 Å². The first kappa shape index (κ1) is 71.1. The number of rotatable bonds is 12. The number of nitrogens with zero attached hydrogens (tertiary/aromatic N) is 10. The van der Waals surface area contributed by atoms with Crippen molar-refractivity contribution in [2.75, 3.05) is 39.3 Å². The number of likely N-dealkylation sites (tertiary alicyclic amines) is 2. The Bertz CT molecular complexity index is 3650. The topological polar surface area (TPSA) is 153 Å². The third-order valence-electron chi connectivity index (χ3n) is 20.6. The summed E-state index contributed by atoms with van der Waals surface area (Å²) >= 11 is 27.4. The molecule has 8 aliphatic rings. The molecule has 12 rings (SSSR count). The third-order valence-corrected chi connectivity index (χ3v) is 23.8. The molecule has 96 heavy (non-hydrogen) atoms. The van der Waals surface area contributed by atoms with Crippen molar-refractivity contribution < 1.29 is 37.5 Å². The summed E-state index contributed by atoms with van der Waals surface area (Å²) in [5, 5.41) is 2.58. The van der Waals surface area contributed by atoms with E-state index in [1.807, 2.05) is 95.8 Å². The quantitative estimate of drug-likeness (QED) is 0.134. The highest BCUT2D eigenvalue weighted by Gasteiger charge is 2.57. The van der Waals surface area contributed by atoms with E-state index in [2.05, 4.69) is 51.3 Å². The molecule has 0 saturated carbocycles. The Hall–Kier alpha value is -6.16. The fourth-order valence-electron chi connectivity index (χ4n) is 15.8. The molecule has 512 valence electrons. The monoisotopic (exact) mass is 1430 g/mol. The number of piperazine rings is 2. The second-order valence-corrected chi connectivity index (χ2v) is 31.0. The number of carbonyl (C=O) groups excluding carboxylic acids is 6. The number of carbonyl (C=O) groups is 6. The molecule has 4 fully saturated rings. The molecule has 0 radical (unpaired) electrons. The maximum Gasteiger partial charge on any atom is 0.263 e. The van der Waals surface area contributed by atoms with Gasteiger partial charge in [0.05, 0.1) is 22.1 Å². The highest BCUT2D eigenvalue weighted by Crippen LogP contribution is 2.59. The second kappa shape index (κ2) is 28.2. The summed E-state index contributed by atoms with van der Waals surface area (Å²) < 4.78 is 29.8. The van der Waals surface area contributed by atoms with Gasteiger partial charge in [0.1, 0.15) is 44.6 Å². The number of halogens is 6. The lowest BCUT2D eigenvalue weighted by Gasteiger charge is -2.41. The van der Waals surface area contributed by atoms with Crippen LogP contribution in [-0.2, 0) is 39.8 Å². The van der Waals surface area contributed by atoms with Gasteiger partial charge >= 0.3 is 0 Å². The van der Waals surface area contributed by atoms with Crippen LogP contribution in [0, 0.1) is 23.5 Å². The minimum Gasteiger partial charge on any atom is -0.337 e. The van der Waals surface area contributed by atoms with Crippen molar-refractivity contribution in [3.05, 3.63) is 160 Å². The predicted molar refractivity (Wildman–Crippen MR) is 378 cm³/mol. The highest BCUT2D eigenvalue weighted by molar-refractivity contribution is 8.18. The molecular formula is C72H84Cl4F2N10O6S2. The molecule has 24 heteroatoms. The summed E-state index contributed by atoms with van der Waals surface area (Å²) in [4.78, 5) is 109. The van der Waals surface area contributed by atoms with E-state index in [4.69, 9.17) is 56.4 Å². The van der Waals surface area contributed by atoms with Gasteiger partial charge in [-0.3, -0.25) is 28.8 Å². The van der Waals surface area contributed by atoms with Gasteiger partial charge in [-0.15, -0.1) is 0 Å². The van der Waals surface area contributed by atoms with E-state index in [1.54, 1.807) is 47.9 Å². The molecule has 8 heterocycles. The Morgan fingerprint density at radius 1 is 0.542 bits per heavy atom. The SMILES string of the molecule is CC[C@@H]1CC[C@@H](C(=O)N2CCN(C(C)=O)[C@H](C)C2)N1C(=O)C1=C(C(C)C)N2C(=NC(C)(c3ccc(Cl)c(F)c3)C2c2ccc(Cl)cc2)S1.CC[C@@H]1CC[C@@H](C(=O)N2CCN(C(C)=O)[C@H](C)C2)N1C(=O)C1=C(C(C)C)N2C(=N[C@@](C)(c3ccc(Cl)c(F)c3)[C@H]2c2ccc(Cl)cc2)S1. The molecule has 0 bridgehead atoms. The standard InChI is InChI=1S/2C36H42Cl2FN5O3S/c2*1-7-26-13-15-29(33(46)41-16-17-42(22(5)45)21(4)19-41)43(26)34(47)31-30(20(2)3)44-32(23-8-11-25(37)12-9-23)36(6,40-35(44)48-31)24-10-14-27(38)28(39)18-24/h2*8-12,14,18,20-21,26,29,32H,7,13,15-17,19H2,1-6H3/t21-,26-,29+,32?,36?;21-,26-,29+,32-,36+/m11/s1. The lowest BCUT2D eigenvalue weighted by Crippen LogP contribution is -2.58. The predicted octanol–water partition coefficient (Wildman–Crippen LogP) is 14.4. The minimum absolute atomic E-state index is 0.00221. The van der Waals surface area contributed by atoms with Crippen LogP contribution in [0.4, 0.5) is 8.78 Å². The first-order valence-electron chi connectivity index (χ1n) is 33.3. The largest absolute Gasteiger partial charge is 0.337 e. The van der Waals surface area contributed by atoms with E-state index < -0.39 is 46.9 Å². The van der Waals surface area contributed by atoms with Gasteiger partial charge in [-0.2, -0.15) is 0 Å². The molecule has 10 atom stereocenters. The molecular weight excluding hydrogens is 1340 g/mol. The van der Waals surface area contributed by atoms with E-state index >= 15 is 0 Å². The van der Waals surface area contributed by atoms with Gasteiger partial charge in [-0.05, 0) is 172 Å². The van der Waals surface area contributed by atoms with Crippen molar-refractivity contribution >= 4 is 116 Å². The van der Waals surface area contributed by atoms with Crippen molar-refractivity contribution in [3.8, 4) is 0 Å². The van der Waals surface area contributed by atoms with E-state index in [1.165, 1.54) is 35.7 Å². The number of hydrogen-bond donors (Lipinski definition) is 0. The molecule has 0 spiro atoms. The van der Waals surface area contributed by atoms with Crippen LogP contribution < -0.4 is 0 Å². The molecule has 16 nitrogen and oxygen atoms in total. The van der Waals surface area contributed by atoms with Crippen molar-refractivity contribution in [1.29, 1.82) is 0 Å². The minimum atomic E-state index is -0.910. The molecule has 0 aliphatic carbocycles. The van der Waals surface area contributed by atoms with Gasteiger partial charge in [0.15, 0.2) is 10.3 Å². The average Bonchev–Trinajstić information content (AvgIpc) is 1.56. The van der Waals surface area contributed by atoms with Crippen molar-refractivity contribution in [1.82, 2.24) is 39.2 Å². The molecule has 4 saturated heterocycles.